The van der Waals surface area contributed by atoms with Crippen LogP contribution in [-0.2, 0) is 25.5 Å². The lowest BCUT2D eigenvalue weighted by atomic mass is 10.1. The van der Waals surface area contributed by atoms with Crippen LogP contribution in [0.1, 0.15) is 17.5 Å². The zero-order valence-electron chi connectivity index (χ0n) is 16.4. The number of esters is 1. The molecule has 6 nitrogen and oxygen atoms in total. The molecular weight excluding hydrogens is 404 g/mol. The number of carbonyl (C=O) groups is 3. The summed E-state index contributed by atoms with van der Waals surface area (Å²) in [6.07, 6.45) is 3.47. The van der Waals surface area contributed by atoms with Crippen LogP contribution in [0.3, 0.4) is 0 Å². The predicted molar refractivity (Wildman–Crippen MR) is 115 cm³/mol. The minimum absolute atomic E-state index is 0.179. The zero-order valence-corrected chi connectivity index (χ0v) is 17.2. The van der Waals surface area contributed by atoms with Gasteiger partial charge in [0, 0.05) is 30.6 Å². The second kappa shape index (κ2) is 10.6. The Hall–Kier alpha value is -3.12. The maximum absolute atomic E-state index is 12.7. The van der Waals surface area contributed by atoms with Crippen molar-refractivity contribution in [3.8, 4) is 0 Å². The van der Waals surface area contributed by atoms with Crippen LogP contribution in [0.25, 0.3) is 6.08 Å². The van der Waals surface area contributed by atoms with Crippen molar-refractivity contribution >= 4 is 35.5 Å². The van der Waals surface area contributed by atoms with E-state index in [4.69, 9.17) is 16.3 Å². The molecule has 30 heavy (non-hydrogen) atoms. The van der Waals surface area contributed by atoms with Gasteiger partial charge in [0.1, 0.15) is 6.04 Å². The Bertz CT molecular complexity index is 913. The van der Waals surface area contributed by atoms with Gasteiger partial charge in [-0.1, -0.05) is 54.1 Å². The zero-order chi connectivity index (χ0) is 21.3. The van der Waals surface area contributed by atoms with Gasteiger partial charge >= 0.3 is 5.97 Å². The molecule has 2 amide bonds. The molecule has 0 aliphatic carbocycles. The van der Waals surface area contributed by atoms with Crippen LogP contribution in [0.4, 0.5) is 0 Å². The number of piperazine rings is 1. The molecule has 1 atom stereocenters. The van der Waals surface area contributed by atoms with E-state index in [9.17, 15) is 14.4 Å². The fourth-order valence-electron chi connectivity index (χ4n) is 3.16. The van der Waals surface area contributed by atoms with E-state index in [2.05, 4.69) is 5.32 Å². The number of hydrogen-bond donors (Lipinski definition) is 1. The molecular formula is C23H23ClN2O4. The van der Waals surface area contributed by atoms with Crippen molar-refractivity contribution in [2.45, 2.75) is 18.9 Å². The lowest BCUT2D eigenvalue weighted by molar-refractivity contribution is -0.150. The van der Waals surface area contributed by atoms with Gasteiger partial charge in [0.05, 0.1) is 13.0 Å². The lowest BCUT2D eigenvalue weighted by Gasteiger charge is -2.33. The molecule has 1 heterocycles. The molecule has 7 heteroatoms. The van der Waals surface area contributed by atoms with Crippen molar-refractivity contribution in [1.82, 2.24) is 10.2 Å². The van der Waals surface area contributed by atoms with Crippen molar-refractivity contribution in [3.05, 3.63) is 76.8 Å². The molecule has 1 unspecified atom stereocenters. The van der Waals surface area contributed by atoms with Crippen LogP contribution in [0.5, 0.6) is 0 Å². The maximum atomic E-state index is 12.7. The largest absolute Gasteiger partial charge is 0.465 e. The van der Waals surface area contributed by atoms with Gasteiger partial charge in [-0.15, -0.1) is 0 Å². The Morgan fingerprint density at radius 1 is 1.13 bits per heavy atom. The van der Waals surface area contributed by atoms with E-state index in [1.807, 2.05) is 30.3 Å². The normalized spacial score (nSPS) is 16.4. The first-order valence-corrected chi connectivity index (χ1v) is 10.1. The number of nitrogens with zero attached hydrogens (tertiary/aromatic N) is 1. The molecule has 0 saturated carbocycles. The highest BCUT2D eigenvalue weighted by molar-refractivity contribution is 6.30. The number of amides is 2. The van der Waals surface area contributed by atoms with E-state index in [0.717, 1.165) is 11.1 Å². The number of ether oxygens (including phenoxy) is 1. The standard InChI is InChI=1S/C23H23ClN2O4/c24-19-9-6-18(7-10-19)8-11-21(27)26-14-13-25-23(29)20(26)16-22(28)30-15-12-17-4-2-1-3-5-17/h1-11,20H,12-16H2,(H,25,29)/b11-8+. The second-order valence-electron chi connectivity index (χ2n) is 6.88. The number of rotatable bonds is 7. The van der Waals surface area contributed by atoms with Crippen LogP contribution >= 0.6 is 11.6 Å². The summed E-state index contributed by atoms with van der Waals surface area (Å²) in [6.45, 7) is 0.901. The summed E-state index contributed by atoms with van der Waals surface area (Å²) in [4.78, 5) is 38.6. The molecule has 1 aliphatic rings. The third-order valence-electron chi connectivity index (χ3n) is 4.76. The minimum Gasteiger partial charge on any atom is -0.465 e. The third-order valence-corrected chi connectivity index (χ3v) is 5.01. The van der Waals surface area contributed by atoms with Crippen molar-refractivity contribution < 1.29 is 19.1 Å². The van der Waals surface area contributed by atoms with Gasteiger partial charge in [-0.25, -0.2) is 0 Å². The lowest BCUT2D eigenvalue weighted by Crippen LogP contribution is -2.57. The molecule has 1 N–H and O–H groups in total. The average Bonchev–Trinajstić information content (AvgIpc) is 2.75. The van der Waals surface area contributed by atoms with Crippen LogP contribution in [0, 0.1) is 0 Å². The Morgan fingerprint density at radius 3 is 2.60 bits per heavy atom. The molecule has 1 fully saturated rings. The van der Waals surface area contributed by atoms with E-state index >= 15 is 0 Å². The van der Waals surface area contributed by atoms with Crippen LogP contribution in [0.15, 0.2) is 60.7 Å². The second-order valence-corrected chi connectivity index (χ2v) is 7.32. The topological polar surface area (TPSA) is 75.7 Å². The summed E-state index contributed by atoms with van der Waals surface area (Å²) in [5.74, 6) is -1.19. The molecule has 156 valence electrons. The van der Waals surface area contributed by atoms with Gasteiger partial charge in [-0.05, 0) is 29.3 Å². The molecule has 0 aromatic heterocycles. The maximum Gasteiger partial charge on any atom is 0.308 e. The Morgan fingerprint density at radius 2 is 1.87 bits per heavy atom. The van der Waals surface area contributed by atoms with E-state index in [-0.39, 0.29) is 24.8 Å². The summed E-state index contributed by atoms with van der Waals surface area (Å²) in [5.41, 5.74) is 1.87. The number of benzene rings is 2. The summed E-state index contributed by atoms with van der Waals surface area (Å²) in [6, 6.07) is 15.8. The molecule has 2 aromatic rings. The first-order valence-electron chi connectivity index (χ1n) is 9.74. The minimum atomic E-state index is -0.884. The number of nitrogens with one attached hydrogen (secondary N) is 1. The van der Waals surface area contributed by atoms with Gasteiger partial charge < -0.3 is 15.0 Å². The third kappa shape index (κ3) is 6.19. The molecule has 1 saturated heterocycles. The first-order chi connectivity index (χ1) is 14.5. The fraction of sp³-hybridized carbons (Fsp3) is 0.261. The highest BCUT2D eigenvalue weighted by Gasteiger charge is 2.34. The Kier molecular flexibility index (Phi) is 7.63. The molecule has 0 radical (unpaired) electrons. The SMILES string of the molecule is O=C(CC1C(=O)NCCN1C(=O)/C=C/c1ccc(Cl)cc1)OCCc1ccccc1. The highest BCUT2D eigenvalue weighted by Crippen LogP contribution is 2.14. The molecule has 1 aliphatic heterocycles. The van der Waals surface area contributed by atoms with E-state index in [0.29, 0.717) is 24.5 Å². The summed E-state index contributed by atoms with van der Waals surface area (Å²) in [5, 5.41) is 3.31. The van der Waals surface area contributed by atoms with E-state index in [1.165, 1.54) is 11.0 Å². The Labute approximate surface area is 180 Å². The Balaban J connectivity index is 1.56. The van der Waals surface area contributed by atoms with Gasteiger partial charge in [0.15, 0.2) is 0 Å². The van der Waals surface area contributed by atoms with Crippen LogP contribution in [0.2, 0.25) is 5.02 Å². The smallest absolute Gasteiger partial charge is 0.308 e. The summed E-state index contributed by atoms with van der Waals surface area (Å²) in [7, 11) is 0. The van der Waals surface area contributed by atoms with Gasteiger partial charge in [-0.2, -0.15) is 0 Å². The van der Waals surface area contributed by atoms with Gasteiger partial charge in [0.2, 0.25) is 11.8 Å². The molecule has 2 aromatic carbocycles. The van der Waals surface area contributed by atoms with Crippen LogP contribution < -0.4 is 5.32 Å². The first kappa shape index (κ1) is 21.6. The summed E-state index contributed by atoms with van der Waals surface area (Å²) < 4.78 is 5.28. The monoisotopic (exact) mass is 426 g/mol. The summed E-state index contributed by atoms with van der Waals surface area (Å²) >= 11 is 5.86. The average molecular weight is 427 g/mol. The molecule has 0 bridgehead atoms. The van der Waals surface area contributed by atoms with Crippen molar-refractivity contribution in [2.24, 2.45) is 0 Å². The quantitative estimate of drug-likeness (QED) is 0.545. The highest BCUT2D eigenvalue weighted by atomic mass is 35.5. The van der Waals surface area contributed by atoms with E-state index in [1.54, 1.807) is 30.3 Å². The number of hydrogen-bond acceptors (Lipinski definition) is 4. The van der Waals surface area contributed by atoms with E-state index < -0.39 is 12.0 Å². The van der Waals surface area contributed by atoms with Crippen molar-refractivity contribution in [2.75, 3.05) is 19.7 Å². The van der Waals surface area contributed by atoms with Crippen molar-refractivity contribution in [1.29, 1.82) is 0 Å². The molecule has 3 rings (SSSR count). The van der Waals surface area contributed by atoms with Gasteiger partial charge in [0.25, 0.3) is 0 Å². The van der Waals surface area contributed by atoms with Crippen LogP contribution in [-0.4, -0.2) is 48.4 Å². The number of halogens is 1. The van der Waals surface area contributed by atoms with Gasteiger partial charge in [-0.3, -0.25) is 14.4 Å². The molecule has 0 spiro atoms. The fourth-order valence-corrected chi connectivity index (χ4v) is 3.29. The number of carbonyl (C=O) groups excluding carboxylic acids is 3. The predicted octanol–water partition coefficient (Wildman–Crippen LogP) is 2.86. The van der Waals surface area contributed by atoms with Crippen molar-refractivity contribution in [3.63, 3.8) is 0 Å².